The summed E-state index contributed by atoms with van der Waals surface area (Å²) in [6, 6.07) is 7.78. The predicted molar refractivity (Wildman–Crippen MR) is 72.8 cm³/mol. The lowest BCUT2D eigenvalue weighted by atomic mass is 10.0. The van der Waals surface area contributed by atoms with Crippen LogP contribution in [-0.2, 0) is 16.1 Å². The van der Waals surface area contributed by atoms with Gasteiger partial charge in [-0.15, -0.1) is 0 Å². The van der Waals surface area contributed by atoms with E-state index >= 15 is 0 Å². The van der Waals surface area contributed by atoms with Gasteiger partial charge < -0.3 is 9.47 Å². The summed E-state index contributed by atoms with van der Waals surface area (Å²) >= 11 is 3.25. The highest BCUT2D eigenvalue weighted by atomic mass is 79.9. The molecule has 0 aromatic heterocycles. The number of halogens is 1. The molecule has 0 spiro atoms. The molecule has 0 heterocycles. The molecular formula is C14H15BrO3. The lowest BCUT2D eigenvalue weighted by Gasteiger charge is -2.18. The Morgan fingerprint density at radius 3 is 2.67 bits per heavy atom. The highest BCUT2D eigenvalue weighted by molar-refractivity contribution is 9.12. The van der Waals surface area contributed by atoms with Crippen molar-refractivity contribution >= 4 is 21.7 Å². The predicted octanol–water partition coefficient (Wildman–Crippen LogP) is 3.22. The van der Waals surface area contributed by atoms with Crippen LogP contribution in [0, 0.1) is 0 Å². The number of allylic oxidation sites excluding steroid dienone is 1. The van der Waals surface area contributed by atoms with E-state index in [1.165, 1.54) is 0 Å². The van der Waals surface area contributed by atoms with Crippen molar-refractivity contribution in [3.05, 3.63) is 40.4 Å². The smallest absolute Gasteiger partial charge is 0.169 e. The van der Waals surface area contributed by atoms with Crippen molar-refractivity contribution in [3.8, 4) is 5.75 Å². The van der Waals surface area contributed by atoms with Crippen molar-refractivity contribution in [2.24, 2.45) is 0 Å². The van der Waals surface area contributed by atoms with E-state index in [1.54, 1.807) is 7.11 Å². The summed E-state index contributed by atoms with van der Waals surface area (Å²) in [5.74, 6) is 0.990. The molecule has 1 atom stereocenters. The van der Waals surface area contributed by atoms with E-state index in [0.29, 0.717) is 17.5 Å². The number of hydrogen-bond donors (Lipinski definition) is 0. The van der Waals surface area contributed by atoms with Crippen LogP contribution >= 0.6 is 15.9 Å². The molecule has 2 rings (SSSR count). The quantitative estimate of drug-likeness (QED) is 0.856. The van der Waals surface area contributed by atoms with Crippen LogP contribution in [0.4, 0.5) is 0 Å². The summed E-state index contributed by atoms with van der Waals surface area (Å²) in [6.07, 6.45) is 3.16. The van der Waals surface area contributed by atoms with Crippen molar-refractivity contribution in [1.82, 2.24) is 0 Å². The second kappa shape index (κ2) is 6.16. The van der Waals surface area contributed by atoms with Crippen LogP contribution in [0.5, 0.6) is 5.75 Å². The summed E-state index contributed by atoms with van der Waals surface area (Å²) in [6.45, 7) is 0.541. The van der Waals surface area contributed by atoms with Gasteiger partial charge in [-0.1, -0.05) is 12.1 Å². The molecule has 0 bridgehead atoms. The minimum atomic E-state index is 0.0131. The molecule has 1 aromatic carbocycles. The first-order valence-electron chi connectivity index (χ1n) is 5.84. The summed E-state index contributed by atoms with van der Waals surface area (Å²) < 4.78 is 11.5. The molecular weight excluding hydrogens is 296 g/mol. The third-order valence-corrected chi connectivity index (χ3v) is 3.58. The third-order valence-electron chi connectivity index (χ3n) is 2.88. The van der Waals surface area contributed by atoms with Gasteiger partial charge in [-0.3, -0.25) is 4.79 Å². The van der Waals surface area contributed by atoms with E-state index in [-0.39, 0.29) is 11.9 Å². The zero-order chi connectivity index (χ0) is 13.0. The van der Waals surface area contributed by atoms with Gasteiger partial charge in [-0.2, -0.15) is 0 Å². The SMILES string of the molecule is COc1ccc(COC2C=C(Br)C(=O)CC2)cc1. The van der Waals surface area contributed by atoms with E-state index in [1.807, 2.05) is 30.3 Å². The number of ether oxygens (including phenoxy) is 2. The third kappa shape index (κ3) is 3.43. The molecule has 18 heavy (non-hydrogen) atoms. The van der Waals surface area contributed by atoms with Crippen LogP contribution in [0.25, 0.3) is 0 Å². The Bertz CT molecular complexity index is 451. The molecule has 1 aliphatic rings. The Balaban J connectivity index is 1.89. The lowest BCUT2D eigenvalue weighted by molar-refractivity contribution is -0.116. The molecule has 1 unspecified atom stereocenters. The van der Waals surface area contributed by atoms with Crippen LogP contribution in [0.2, 0.25) is 0 Å². The zero-order valence-electron chi connectivity index (χ0n) is 10.2. The average molecular weight is 311 g/mol. The van der Waals surface area contributed by atoms with Gasteiger partial charge in [0, 0.05) is 6.42 Å². The molecule has 0 saturated heterocycles. The maximum absolute atomic E-state index is 11.3. The minimum Gasteiger partial charge on any atom is -0.497 e. The van der Waals surface area contributed by atoms with E-state index in [0.717, 1.165) is 17.7 Å². The van der Waals surface area contributed by atoms with Gasteiger partial charge in [-0.25, -0.2) is 0 Å². The van der Waals surface area contributed by atoms with Gasteiger partial charge in [0.15, 0.2) is 5.78 Å². The second-order valence-electron chi connectivity index (χ2n) is 4.17. The molecule has 4 heteroatoms. The van der Waals surface area contributed by atoms with Crippen LogP contribution < -0.4 is 4.74 Å². The maximum Gasteiger partial charge on any atom is 0.169 e. The standard InChI is InChI=1S/C14H15BrO3/c1-17-11-4-2-10(3-5-11)9-18-12-6-7-14(16)13(15)8-12/h2-5,8,12H,6-7,9H2,1H3. The fraction of sp³-hybridized carbons (Fsp3) is 0.357. The molecule has 1 aromatic rings. The van der Waals surface area contributed by atoms with Crippen LogP contribution in [0.15, 0.2) is 34.8 Å². The lowest BCUT2D eigenvalue weighted by Crippen LogP contribution is -2.18. The number of rotatable bonds is 4. The molecule has 3 nitrogen and oxygen atoms in total. The van der Waals surface area contributed by atoms with Gasteiger partial charge in [0.05, 0.1) is 24.3 Å². The molecule has 1 aliphatic carbocycles. The molecule has 0 amide bonds. The Morgan fingerprint density at radius 1 is 1.33 bits per heavy atom. The molecule has 0 saturated carbocycles. The number of hydrogen-bond acceptors (Lipinski definition) is 3. The molecule has 0 radical (unpaired) electrons. The summed E-state index contributed by atoms with van der Waals surface area (Å²) in [4.78, 5) is 11.3. The van der Waals surface area contributed by atoms with Crippen molar-refractivity contribution in [3.63, 3.8) is 0 Å². The van der Waals surface area contributed by atoms with E-state index in [2.05, 4.69) is 15.9 Å². The number of Topliss-reactive ketones (excluding diaryl/α,β-unsaturated/α-hetero) is 1. The molecule has 96 valence electrons. The van der Waals surface area contributed by atoms with Gasteiger partial charge in [0.25, 0.3) is 0 Å². The first kappa shape index (κ1) is 13.3. The number of benzene rings is 1. The van der Waals surface area contributed by atoms with E-state index in [4.69, 9.17) is 9.47 Å². The van der Waals surface area contributed by atoms with Gasteiger partial charge in [-0.05, 0) is 46.1 Å². The van der Waals surface area contributed by atoms with Crippen molar-refractivity contribution in [2.75, 3.05) is 7.11 Å². The summed E-state index contributed by atoms with van der Waals surface area (Å²) in [5, 5.41) is 0. The van der Waals surface area contributed by atoms with E-state index < -0.39 is 0 Å². The maximum atomic E-state index is 11.3. The number of carbonyl (C=O) groups is 1. The number of ketones is 1. The largest absolute Gasteiger partial charge is 0.497 e. The van der Waals surface area contributed by atoms with Crippen LogP contribution in [-0.4, -0.2) is 19.0 Å². The topological polar surface area (TPSA) is 35.5 Å². The van der Waals surface area contributed by atoms with E-state index in [9.17, 15) is 4.79 Å². The van der Waals surface area contributed by atoms with Gasteiger partial charge in [0.1, 0.15) is 5.75 Å². The highest BCUT2D eigenvalue weighted by Crippen LogP contribution is 2.22. The summed E-state index contributed by atoms with van der Waals surface area (Å²) in [7, 11) is 1.65. The van der Waals surface area contributed by atoms with Gasteiger partial charge >= 0.3 is 0 Å². The Kier molecular flexibility index (Phi) is 4.55. The average Bonchev–Trinajstić information content (AvgIpc) is 2.41. The molecule has 0 N–H and O–H groups in total. The Labute approximate surface area is 115 Å². The first-order chi connectivity index (χ1) is 8.69. The number of methoxy groups -OCH3 is 1. The van der Waals surface area contributed by atoms with Crippen LogP contribution in [0.3, 0.4) is 0 Å². The fourth-order valence-electron chi connectivity index (χ4n) is 1.79. The molecule has 0 fully saturated rings. The molecule has 0 aliphatic heterocycles. The van der Waals surface area contributed by atoms with Crippen LogP contribution in [0.1, 0.15) is 18.4 Å². The minimum absolute atomic E-state index is 0.0131. The summed E-state index contributed by atoms with van der Waals surface area (Å²) in [5.41, 5.74) is 1.09. The van der Waals surface area contributed by atoms with Crippen molar-refractivity contribution in [2.45, 2.75) is 25.6 Å². The normalized spacial score (nSPS) is 19.6. The fourth-order valence-corrected chi connectivity index (χ4v) is 2.28. The Morgan fingerprint density at radius 2 is 2.06 bits per heavy atom. The monoisotopic (exact) mass is 310 g/mol. The number of carbonyl (C=O) groups excluding carboxylic acids is 1. The van der Waals surface area contributed by atoms with Gasteiger partial charge in [0.2, 0.25) is 0 Å². The highest BCUT2D eigenvalue weighted by Gasteiger charge is 2.18. The van der Waals surface area contributed by atoms with Crippen molar-refractivity contribution in [1.29, 1.82) is 0 Å². The first-order valence-corrected chi connectivity index (χ1v) is 6.63. The second-order valence-corrected chi connectivity index (χ2v) is 5.03. The zero-order valence-corrected chi connectivity index (χ0v) is 11.8. The van der Waals surface area contributed by atoms with Crippen molar-refractivity contribution < 1.29 is 14.3 Å². The Hall–Kier alpha value is -1.13.